The summed E-state index contributed by atoms with van der Waals surface area (Å²) in [6.07, 6.45) is 1.42. The number of ether oxygens (including phenoxy) is 1. The second-order valence-electron chi connectivity index (χ2n) is 12.3. The van der Waals surface area contributed by atoms with E-state index in [9.17, 15) is 18.3 Å². The first-order valence-corrected chi connectivity index (χ1v) is 15.0. The number of aromatic hydroxyl groups is 1. The number of benzene rings is 1. The van der Waals surface area contributed by atoms with Crippen LogP contribution in [0.5, 0.6) is 11.8 Å². The summed E-state index contributed by atoms with van der Waals surface area (Å²) in [7, 11) is 0. The molecule has 0 amide bonds. The molecule has 8 nitrogen and oxygen atoms in total. The summed E-state index contributed by atoms with van der Waals surface area (Å²) in [5.41, 5.74) is -0.539. The third-order valence-electron chi connectivity index (χ3n) is 9.15. The molecule has 4 fully saturated rings. The Balaban J connectivity index is 1.24. The molecule has 2 aromatic rings. The number of piperazine rings is 1. The second-order valence-corrected chi connectivity index (χ2v) is 12.7. The number of nitrogens with zero attached hydrogens (tertiary/aromatic N) is 5. The fourth-order valence-corrected chi connectivity index (χ4v) is 7.26. The average Bonchev–Trinajstić information content (AvgIpc) is 3.41. The third-order valence-corrected chi connectivity index (χ3v) is 9.45. The van der Waals surface area contributed by atoms with E-state index >= 15 is 0 Å². The van der Waals surface area contributed by atoms with Gasteiger partial charge in [-0.1, -0.05) is 11.6 Å². The SMILES string of the molecule is [2H]C([2H])(Oc1nc2c(c(N3C[C@H]4CC[C@@H](C3)N4)n1)CCN(c1cc(O)cc(Cl)c1C(F)(F)F)C2)C1(CN2CCCC2)CC1. The van der Waals surface area contributed by atoms with Gasteiger partial charge in [0.15, 0.2) is 0 Å². The molecule has 0 spiro atoms. The molecule has 12 heteroatoms. The van der Waals surface area contributed by atoms with Gasteiger partial charge in [0.25, 0.3) is 0 Å². The summed E-state index contributed by atoms with van der Waals surface area (Å²) in [5.74, 6) is 0.312. The Morgan fingerprint density at radius 1 is 1.10 bits per heavy atom. The van der Waals surface area contributed by atoms with E-state index < -0.39 is 28.7 Å². The van der Waals surface area contributed by atoms with Crippen LogP contribution in [0.15, 0.2) is 12.1 Å². The maximum absolute atomic E-state index is 14.1. The highest BCUT2D eigenvalue weighted by Crippen LogP contribution is 2.47. The van der Waals surface area contributed by atoms with Crippen molar-refractivity contribution in [3.63, 3.8) is 0 Å². The molecule has 0 unspecified atom stereocenters. The monoisotopic (exact) mass is 594 g/mol. The standard InChI is InChI=1S/C29H36ClF3N6O2/c30-22-11-20(40)12-24(25(22)29(31,32)33)38-10-5-21-23(15-38)35-27(36-26(21)39-13-18-3-4-19(14-39)34-18)41-17-28(6-7-28)16-37-8-1-2-9-37/h11-12,18-19,34,40H,1-10,13-17H2/t18-,19+/i17D2. The molecule has 2 N–H and O–H groups in total. The number of nitrogens with one attached hydrogen (secondary N) is 1. The van der Waals surface area contributed by atoms with Gasteiger partial charge in [0.2, 0.25) is 0 Å². The van der Waals surface area contributed by atoms with Gasteiger partial charge in [-0.05, 0) is 64.1 Å². The van der Waals surface area contributed by atoms with Gasteiger partial charge in [0.1, 0.15) is 11.6 Å². The number of anilines is 2. The molecule has 1 aliphatic carbocycles. The van der Waals surface area contributed by atoms with Gasteiger partial charge >= 0.3 is 12.2 Å². The number of aromatic nitrogens is 2. The van der Waals surface area contributed by atoms with E-state index in [0.717, 1.165) is 69.6 Å². The van der Waals surface area contributed by atoms with Crippen molar-refractivity contribution in [3.05, 3.63) is 34.0 Å². The highest BCUT2D eigenvalue weighted by Gasteiger charge is 2.46. The Bertz CT molecular complexity index is 1390. The van der Waals surface area contributed by atoms with E-state index in [1.54, 1.807) is 0 Å². The molecule has 222 valence electrons. The number of likely N-dealkylation sites (tertiary alicyclic amines) is 1. The van der Waals surface area contributed by atoms with Crippen molar-refractivity contribution in [1.82, 2.24) is 20.2 Å². The summed E-state index contributed by atoms with van der Waals surface area (Å²) in [5, 5.41) is 13.2. The summed E-state index contributed by atoms with van der Waals surface area (Å²) in [6, 6.07) is 2.53. The van der Waals surface area contributed by atoms with Crippen LogP contribution in [0.2, 0.25) is 5.02 Å². The lowest BCUT2D eigenvalue weighted by Gasteiger charge is -2.38. The topological polar surface area (TPSA) is 77.0 Å². The fraction of sp³-hybridized carbons (Fsp3) is 0.655. The molecule has 2 bridgehead atoms. The van der Waals surface area contributed by atoms with Crippen molar-refractivity contribution in [2.75, 3.05) is 55.6 Å². The fourth-order valence-electron chi connectivity index (χ4n) is 6.95. The summed E-state index contributed by atoms with van der Waals surface area (Å²) < 4.78 is 66.3. The van der Waals surface area contributed by atoms with Crippen LogP contribution < -0.4 is 19.9 Å². The number of fused-ring (bicyclic) bond motifs is 3. The molecule has 2 atom stereocenters. The van der Waals surface area contributed by atoms with Gasteiger partial charge < -0.3 is 29.9 Å². The Hall–Kier alpha value is -2.50. The molecule has 5 heterocycles. The Labute approximate surface area is 245 Å². The van der Waals surface area contributed by atoms with Gasteiger partial charge in [-0.15, -0.1) is 0 Å². The number of hydrogen-bond donors (Lipinski definition) is 2. The molecule has 0 radical (unpaired) electrons. The van der Waals surface area contributed by atoms with E-state index in [2.05, 4.69) is 20.1 Å². The van der Waals surface area contributed by atoms with Gasteiger partial charge in [0.05, 0.1) is 37.8 Å². The number of hydrogen-bond acceptors (Lipinski definition) is 8. The minimum Gasteiger partial charge on any atom is -0.508 e. The lowest BCUT2D eigenvalue weighted by Crippen LogP contribution is -2.52. The lowest BCUT2D eigenvalue weighted by atomic mass is 10.0. The summed E-state index contributed by atoms with van der Waals surface area (Å²) in [6.45, 7) is 2.22. The van der Waals surface area contributed by atoms with Crippen molar-refractivity contribution >= 4 is 23.1 Å². The number of phenolic OH excluding ortho intramolecular Hbond substituents is 1. The molecule has 4 aliphatic heterocycles. The van der Waals surface area contributed by atoms with Crippen molar-refractivity contribution in [2.24, 2.45) is 5.41 Å². The van der Waals surface area contributed by atoms with Crippen LogP contribution in [0.1, 0.15) is 58.1 Å². The zero-order valence-corrected chi connectivity index (χ0v) is 23.6. The van der Waals surface area contributed by atoms with E-state index in [1.807, 2.05) is 0 Å². The number of rotatable bonds is 7. The molecule has 1 aromatic carbocycles. The Morgan fingerprint density at radius 3 is 2.51 bits per heavy atom. The molecule has 3 saturated heterocycles. The molecule has 5 aliphatic rings. The highest BCUT2D eigenvalue weighted by atomic mass is 35.5. The Morgan fingerprint density at radius 2 is 1.83 bits per heavy atom. The quantitative estimate of drug-likeness (QED) is 0.481. The van der Waals surface area contributed by atoms with E-state index in [4.69, 9.17) is 24.1 Å². The molecular formula is C29H36ClF3N6O2. The number of phenols is 1. The van der Waals surface area contributed by atoms with Crippen LogP contribution in [0.3, 0.4) is 0 Å². The van der Waals surface area contributed by atoms with E-state index in [-0.39, 0.29) is 30.5 Å². The van der Waals surface area contributed by atoms with Gasteiger partial charge in [0, 0.05) is 55.3 Å². The number of alkyl halides is 3. The zero-order chi connectivity index (χ0) is 30.1. The zero-order valence-electron chi connectivity index (χ0n) is 24.8. The van der Waals surface area contributed by atoms with Gasteiger partial charge in [-0.2, -0.15) is 23.1 Å². The first-order chi connectivity index (χ1) is 20.4. The lowest BCUT2D eigenvalue weighted by molar-refractivity contribution is -0.137. The molecular weight excluding hydrogens is 557 g/mol. The van der Waals surface area contributed by atoms with Crippen LogP contribution >= 0.6 is 11.6 Å². The van der Waals surface area contributed by atoms with E-state index in [1.165, 1.54) is 4.90 Å². The van der Waals surface area contributed by atoms with Crippen molar-refractivity contribution < 1.29 is 25.8 Å². The predicted octanol–water partition coefficient (Wildman–Crippen LogP) is 4.61. The van der Waals surface area contributed by atoms with Crippen LogP contribution in [-0.4, -0.2) is 77.9 Å². The maximum atomic E-state index is 14.1. The minimum atomic E-state index is -4.73. The minimum absolute atomic E-state index is 0.00490. The van der Waals surface area contributed by atoms with Gasteiger partial charge in [-0.25, -0.2) is 0 Å². The second kappa shape index (κ2) is 10.3. The van der Waals surface area contributed by atoms with Crippen molar-refractivity contribution in [3.8, 4) is 11.8 Å². The highest BCUT2D eigenvalue weighted by molar-refractivity contribution is 6.32. The maximum Gasteiger partial charge on any atom is 0.419 e. The van der Waals surface area contributed by atoms with Crippen molar-refractivity contribution in [2.45, 2.75) is 69.8 Å². The smallest absolute Gasteiger partial charge is 0.419 e. The first kappa shape index (κ1) is 25.0. The first-order valence-electron chi connectivity index (χ1n) is 15.6. The van der Waals surface area contributed by atoms with Crippen LogP contribution in [0, 0.1) is 5.41 Å². The van der Waals surface area contributed by atoms with Crippen LogP contribution in [0.4, 0.5) is 24.7 Å². The Kier molecular flexibility index (Phi) is 6.32. The van der Waals surface area contributed by atoms with E-state index in [0.29, 0.717) is 49.4 Å². The summed E-state index contributed by atoms with van der Waals surface area (Å²) >= 11 is 6.00. The van der Waals surface area contributed by atoms with Crippen molar-refractivity contribution in [1.29, 1.82) is 0 Å². The summed E-state index contributed by atoms with van der Waals surface area (Å²) in [4.78, 5) is 15.4. The molecule has 1 aromatic heterocycles. The predicted molar refractivity (Wildman–Crippen MR) is 150 cm³/mol. The third kappa shape index (κ3) is 5.52. The average molecular weight is 595 g/mol. The molecule has 41 heavy (non-hydrogen) atoms. The largest absolute Gasteiger partial charge is 0.508 e. The molecule has 1 saturated carbocycles. The number of halogens is 4. The molecule has 7 rings (SSSR count). The van der Waals surface area contributed by atoms with Crippen LogP contribution in [-0.2, 0) is 19.1 Å². The normalized spacial score (nSPS) is 26.5. The van der Waals surface area contributed by atoms with Crippen LogP contribution in [0.25, 0.3) is 0 Å². The van der Waals surface area contributed by atoms with Gasteiger partial charge in [-0.3, -0.25) is 0 Å².